The van der Waals surface area contributed by atoms with E-state index in [4.69, 9.17) is 5.26 Å². The Balaban J connectivity index is 1.39. The third kappa shape index (κ3) is 6.59. The van der Waals surface area contributed by atoms with Crippen molar-refractivity contribution in [3.63, 3.8) is 0 Å². The minimum Gasteiger partial charge on any atom is -0.352 e. The van der Waals surface area contributed by atoms with E-state index in [1.807, 2.05) is 50.2 Å². The van der Waals surface area contributed by atoms with Gasteiger partial charge >= 0.3 is 0 Å². The van der Waals surface area contributed by atoms with Crippen molar-refractivity contribution < 1.29 is 18.0 Å². The van der Waals surface area contributed by atoms with E-state index in [2.05, 4.69) is 10.6 Å². The lowest BCUT2D eigenvalue weighted by atomic mass is 10.0. The zero-order valence-electron chi connectivity index (χ0n) is 21.5. The highest BCUT2D eigenvalue weighted by Gasteiger charge is 2.30. The number of hydrogen-bond acceptors (Lipinski definition) is 6. The van der Waals surface area contributed by atoms with E-state index in [0.717, 1.165) is 10.1 Å². The van der Waals surface area contributed by atoms with Gasteiger partial charge in [-0.1, -0.05) is 32.0 Å². The van der Waals surface area contributed by atoms with Crippen molar-refractivity contribution >= 4 is 43.3 Å². The van der Waals surface area contributed by atoms with Gasteiger partial charge in [0, 0.05) is 23.8 Å². The van der Waals surface area contributed by atoms with Crippen molar-refractivity contribution in [3.8, 4) is 6.07 Å². The van der Waals surface area contributed by atoms with E-state index < -0.39 is 16.1 Å². The molecule has 200 valence electrons. The van der Waals surface area contributed by atoms with Crippen molar-refractivity contribution in [2.45, 2.75) is 56.5 Å². The van der Waals surface area contributed by atoms with Crippen LogP contribution in [0.4, 0.5) is 0 Å². The summed E-state index contributed by atoms with van der Waals surface area (Å²) in [5.41, 5.74) is 0.401. The van der Waals surface area contributed by atoms with Gasteiger partial charge in [-0.2, -0.15) is 9.57 Å². The molecule has 1 fully saturated rings. The minimum atomic E-state index is -3.70. The number of carbonyl (C=O) groups is 2. The van der Waals surface area contributed by atoms with Crippen LogP contribution in [0.1, 0.15) is 54.8 Å². The van der Waals surface area contributed by atoms with E-state index in [9.17, 15) is 18.0 Å². The van der Waals surface area contributed by atoms with Crippen LogP contribution in [0.2, 0.25) is 0 Å². The van der Waals surface area contributed by atoms with Crippen LogP contribution in [0.15, 0.2) is 59.5 Å². The first-order valence-corrected chi connectivity index (χ1v) is 15.0. The number of rotatable bonds is 8. The lowest BCUT2D eigenvalue weighted by molar-refractivity contribution is -0.124. The number of nitriles is 1. The Bertz CT molecular complexity index is 1410. The average molecular weight is 553 g/mol. The molecule has 1 aromatic heterocycles. The molecule has 38 heavy (non-hydrogen) atoms. The molecule has 0 unspecified atom stereocenters. The third-order valence-electron chi connectivity index (χ3n) is 6.63. The first-order chi connectivity index (χ1) is 18.2. The molecule has 2 N–H and O–H groups in total. The predicted molar refractivity (Wildman–Crippen MR) is 148 cm³/mol. The van der Waals surface area contributed by atoms with Crippen LogP contribution in [-0.2, 0) is 14.8 Å². The maximum absolute atomic E-state index is 13.3. The molecule has 0 spiro atoms. The molecule has 0 saturated carbocycles. The summed E-state index contributed by atoms with van der Waals surface area (Å²) in [7, 11) is -3.70. The normalized spacial score (nSPS) is 17.5. The molecule has 4 rings (SSSR count). The maximum Gasteiger partial charge on any atom is 0.262 e. The fourth-order valence-electron chi connectivity index (χ4n) is 4.63. The second kappa shape index (κ2) is 12.1. The minimum absolute atomic E-state index is 0.153. The van der Waals surface area contributed by atoms with Gasteiger partial charge in [0.25, 0.3) is 5.91 Å². The molecule has 0 bridgehead atoms. The van der Waals surface area contributed by atoms with Gasteiger partial charge in [-0.25, -0.2) is 8.42 Å². The molecule has 0 aliphatic carbocycles. The summed E-state index contributed by atoms with van der Waals surface area (Å²) in [6, 6.07) is 16.6. The lowest BCUT2D eigenvalue weighted by Crippen LogP contribution is -2.50. The highest BCUT2D eigenvalue weighted by atomic mass is 32.2. The number of nitrogens with one attached hydrogen (secondary N) is 2. The zero-order chi connectivity index (χ0) is 27.3. The monoisotopic (exact) mass is 552 g/mol. The number of benzene rings is 2. The van der Waals surface area contributed by atoms with Gasteiger partial charge in [0.2, 0.25) is 15.9 Å². The van der Waals surface area contributed by atoms with Crippen LogP contribution in [0, 0.1) is 17.2 Å². The van der Waals surface area contributed by atoms with Gasteiger partial charge in [-0.05, 0) is 73.4 Å². The van der Waals surface area contributed by atoms with Gasteiger partial charge < -0.3 is 10.6 Å². The Labute approximate surface area is 227 Å². The second-order valence-electron chi connectivity index (χ2n) is 9.98. The van der Waals surface area contributed by atoms with Gasteiger partial charge in [-0.15, -0.1) is 11.3 Å². The third-order valence-corrected chi connectivity index (χ3v) is 9.66. The summed E-state index contributed by atoms with van der Waals surface area (Å²) in [6.45, 7) is 4.63. The van der Waals surface area contributed by atoms with E-state index in [-0.39, 0.29) is 35.2 Å². The maximum atomic E-state index is 13.3. The summed E-state index contributed by atoms with van der Waals surface area (Å²) in [5.74, 6) is -0.329. The SMILES string of the molecule is CC(C)C[C@H](NC(=O)c1cc2ccccc2s1)C(=O)N[C@@H]1CCCN(S(=O)(=O)c2ccc(C#N)cc2)CC1. The Kier molecular flexibility index (Phi) is 8.82. The van der Waals surface area contributed by atoms with E-state index in [1.165, 1.54) is 39.9 Å². The van der Waals surface area contributed by atoms with Gasteiger partial charge in [0.15, 0.2) is 0 Å². The summed E-state index contributed by atoms with van der Waals surface area (Å²) in [5, 5.41) is 16.0. The van der Waals surface area contributed by atoms with Crippen molar-refractivity contribution in [2.24, 2.45) is 5.92 Å². The molecule has 1 aliphatic rings. The number of hydrogen-bond donors (Lipinski definition) is 2. The van der Waals surface area contributed by atoms with Crippen molar-refractivity contribution in [1.29, 1.82) is 5.26 Å². The molecule has 0 radical (unpaired) electrons. The van der Waals surface area contributed by atoms with Crippen LogP contribution in [0.5, 0.6) is 0 Å². The Morgan fingerprint density at radius 3 is 2.53 bits per heavy atom. The molecular formula is C28H32N4O4S2. The van der Waals surface area contributed by atoms with Crippen LogP contribution in [0.25, 0.3) is 10.1 Å². The largest absolute Gasteiger partial charge is 0.352 e. The quantitative estimate of drug-likeness (QED) is 0.432. The molecule has 2 amide bonds. The molecule has 2 atom stereocenters. The van der Waals surface area contributed by atoms with Gasteiger partial charge in [0.05, 0.1) is 21.4 Å². The van der Waals surface area contributed by atoms with Crippen molar-refractivity contribution in [3.05, 3.63) is 65.0 Å². The number of nitrogens with zero attached hydrogens (tertiary/aromatic N) is 2. The van der Waals surface area contributed by atoms with E-state index in [1.54, 1.807) is 0 Å². The lowest BCUT2D eigenvalue weighted by Gasteiger charge is -2.24. The highest BCUT2D eigenvalue weighted by Crippen LogP contribution is 2.26. The predicted octanol–water partition coefficient (Wildman–Crippen LogP) is 4.28. The van der Waals surface area contributed by atoms with E-state index >= 15 is 0 Å². The molecule has 1 aliphatic heterocycles. The first kappa shape index (κ1) is 27.8. The van der Waals surface area contributed by atoms with Crippen LogP contribution >= 0.6 is 11.3 Å². The molecule has 3 aromatic rings. The fraction of sp³-hybridized carbons (Fsp3) is 0.393. The van der Waals surface area contributed by atoms with Crippen molar-refractivity contribution in [2.75, 3.05) is 13.1 Å². The Morgan fingerprint density at radius 1 is 1.11 bits per heavy atom. The van der Waals surface area contributed by atoms with Gasteiger partial charge in [0.1, 0.15) is 6.04 Å². The zero-order valence-corrected chi connectivity index (χ0v) is 23.1. The number of amides is 2. The standard InChI is InChI=1S/C28H32N4O4S2/c1-19(2)16-24(31-28(34)26-17-21-6-3-4-8-25(21)37-26)27(33)30-22-7-5-14-32(15-13-22)38(35,36)23-11-9-20(18-29)10-12-23/h3-4,6,8-12,17,19,22,24H,5,7,13-16H2,1-2H3,(H,30,33)(H,31,34)/t22-,24+/m1/s1. The smallest absolute Gasteiger partial charge is 0.262 e. The average Bonchev–Trinajstić information content (AvgIpc) is 3.20. The summed E-state index contributed by atoms with van der Waals surface area (Å²) >= 11 is 1.40. The number of thiophene rings is 1. The fourth-order valence-corrected chi connectivity index (χ4v) is 7.09. The van der Waals surface area contributed by atoms with E-state index in [0.29, 0.717) is 42.7 Å². The molecule has 10 heteroatoms. The highest BCUT2D eigenvalue weighted by molar-refractivity contribution is 7.89. The van der Waals surface area contributed by atoms with Crippen LogP contribution in [-0.4, -0.2) is 49.7 Å². The summed E-state index contributed by atoms with van der Waals surface area (Å²) in [4.78, 5) is 27.0. The van der Waals surface area contributed by atoms with Crippen LogP contribution < -0.4 is 10.6 Å². The first-order valence-electron chi connectivity index (χ1n) is 12.8. The topological polar surface area (TPSA) is 119 Å². The summed E-state index contributed by atoms with van der Waals surface area (Å²) in [6.07, 6.45) is 2.21. The number of sulfonamides is 1. The summed E-state index contributed by atoms with van der Waals surface area (Å²) < 4.78 is 28.7. The van der Waals surface area contributed by atoms with Crippen molar-refractivity contribution in [1.82, 2.24) is 14.9 Å². The number of carbonyl (C=O) groups excluding carboxylic acids is 2. The van der Waals surface area contributed by atoms with Gasteiger partial charge in [-0.3, -0.25) is 9.59 Å². The second-order valence-corrected chi connectivity index (χ2v) is 13.0. The molecule has 2 heterocycles. The Morgan fingerprint density at radius 2 is 1.84 bits per heavy atom. The van der Waals surface area contributed by atoms with Crippen LogP contribution in [0.3, 0.4) is 0 Å². The number of fused-ring (bicyclic) bond motifs is 1. The molecule has 2 aromatic carbocycles. The molecule has 8 nitrogen and oxygen atoms in total. The molecular weight excluding hydrogens is 520 g/mol. The Hall–Kier alpha value is -3.26. The molecule has 1 saturated heterocycles.